The molecule has 1 aliphatic carbocycles. The van der Waals surface area contributed by atoms with Gasteiger partial charge in [-0.05, 0) is 23.3 Å². The predicted octanol–water partition coefficient (Wildman–Crippen LogP) is 1.34. The van der Waals surface area contributed by atoms with Crippen LogP contribution in [0.25, 0.3) is 11.1 Å². The molecule has 1 aliphatic heterocycles. The summed E-state index contributed by atoms with van der Waals surface area (Å²) in [6, 6.07) is 4.65. The lowest BCUT2D eigenvalue weighted by molar-refractivity contribution is 0.150. The number of hydrogen-bond acceptors (Lipinski definition) is 4. The Bertz CT molecular complexity index is 546. The molecule has 2 N–H and O–H groups in total. The average molecular weight is 219 g/mol. The van der Waals surface area contributed by atoms with Crippen molar-refractivity contribution in [2.45, 2.75) is 6.61 Å². The Morgan fingerprint density at radius 2 is 2.12 bits per heavy atom. The van der Waals surface area contributed by atoms with Crippen LogP contribution in [-0.4, -0.2) is 6.09 Å². The molecule has 0 unspecified atom stereocenters. The molecule has 16 heavy (non-hydrogen) atoms. The number of rotatable bonds is 2. The lowest BCUT2D eigenvalue weighted by atomic mass is 10.0. The highest BCUT2D eigenvalue weighted by Crippen LogP contribution is 2.22. The monoisotopic (exact) mass is 219 g/mol. The highest BCUT2D eigenvalue weighted by molar-refractivity contribution is 5.68. The maximum absolute atomic E-state index is 11.5. The van der Waals surface area contributed by atoms with Gasteiger partial charge < -0.3 is 14.9 Å². The fourth-order valence-electron chi connectivity index (χ4n) is 1.47. The third-order valence-electron chi connectivity index (χ3n) is 2.21. The molecular weight excluding hydrogens is 210 g/mol. The zero-order valence-electron chi connectivity index (χ0n) is 8.30. The number of benzene rings is 1. The zero-order chi connectivity index (χ0) is 11.5. The van der Waals surface area contributed by atoms with Crippen molar-refractivity contribution in [3.63, 3.8) is 0 Å². The summed E-state index contributed by atoms with van der Waals surface area (Å²) < 4.78 is 9.60. The third kappa shape index (κ3) is 1.88. The summed E-state index contributed by atoms with van der Waals surface area (Å²) in [7, 11) is 0. The SMILES string of the molecule is NC(=O)OCc1ccc(=O)c2coccc1-2. The normalized spacial score (nSPS) is 10.2. The van der Waals surface area contributed by atoms with Crippen molar-refractivity contribution in [3.8, 4) is 11.1 Å². The van der Waals surface area contributed by atoms with Gasteiger partial charge >= 0.3 is 6.09 Å². The van der Waals surface area contributed by atoms with Gasteiger partial charge in [-0.1, -0.05) is 6.07 Å². The van der Waals surface area contributed by atoms with Crippen LogP contribution in [0.15, 0.2) is 39.9 Å². The molecule has 0 radical (unpaired) electrons. The lowest BCUT2D eigenvalue weighted by Gasteiger charge is -2.09. The van der Waals surface area contributed by atoms with Gasteiger partial charge in [0.05, 0.1) is 11.8 Å². The van der Waals surface area contributed by atoms with Gasteiger partial charge in [-0.2, -0.15) is 0 Å². The van der Waals surface area contributed by atoms with E-state index in [1.54, 1.807) is 12.1 Å². The Morgan fingerprint density at radius 3 is 2.88 bits per heavy atom. The van der Waals surface area contributed by atoms with Gasteiger partial charge in [0.25, 0.3) is 0 Å². The molecule has 82 valence electrons. The van der Waals surface area contributed by atoms with E-state index in [0.717, 1.165) is 0 Å². The molecule has 0 saturated heterocycles. The molecule has 0 spiro atoms. The van der Waals surface area contributed by atoms with E-state index in [1.165, 1.54) is 18.6 Å². The summed E-state index contributed by atoms with van der Waals surface area (Å²) in [5.41, 5.74) is 6.59. The number of primary amides is 1. The molecule has 2 rings (SSSR count). The summed E-state index contributed by atoms with van der Waals surface area (Å²) in [5.74, 6) is 0. The smallest absolute Gasteiger partial charge is 0.404 e. The average Bonchev–Trinajstić information content (AvgIpc) is 2.28. The number of carbonyl (C=O) groups excluding carboxylic acids is 1. The van der Waals surface area contributed by atoms with Crippen LogP contribution in [0.1, 0.15) is 5.56 Å². The van der Waals surface area contributed by atoms with E-state index in [9.17, 15) is 9.59 Å². The summed E-state index contributed by atoms with van der Waals surface area (Å²) in [6.07, 6.45) is 1.97. The first-order chi connectivity index (χ1) is 7.68. The lowest BCUT2D eigenvalue weighted by Crippen LogP contribution is -2.14. The molecule has 0 saturated carbocycles. The molecule has 0 aromatic heterocycles. The Kier molecular flexibility index (Phi) is 2.59. The van der Waals surface area contributed by atoms with Gasteiger partial charge in [0.15, 0.2) is 5.43 Å². The number of ether oxygens (including phenoxy) is 1. The van der Waals surface area contributed by atoms with E-state index in [1.807, 2.05) is 0 Å². The van der Waals surface area contributed by atoms with Crippen molar-refractivity contribution >= 4 is 6.09 Å². The molecule has 5 heteroatoms. The molecule has 0 atom stereocenters. The third-order valence-corrected chi connectivity index (χ3v) is 2.21. The van der Waals surface area contributed by atoms with Crippen LogP contribution in [0.2, 0.25) is 0 Å². The quantitative estimate of drug-likeness (QED) is 0.826. The minimum Gasteiger partial charge on any atom is -0.472 e. The van der Waals surface area contributed by atoms with E-state index >= 15 is 0 Å². The van der Waals surface area contributed by atoms with Crippen molar-refractivity contribution in [1.29, 1.82) is 0 Å². The van der Waals surface area contributed by atoms with E-state index in [0.29, 0.717) is 16.7 Å². The van der Waals surface area contributed by atoms with Crippen molar-refractivity contribution in [1.82, 2.24) is 0 Å². The van der Waals surface area contributed by atoms with Gasteiger partial charge in [0.1, 0.15) is 12.9 Å². The van der Waals surface area contributed by atoms with Gasteiger partial charge in [-0.15, -0.1) is 0 Å². The second-order valence-electron chi connectivity index (χ2n) is 3.21. The van der Waals surface area contributed by atoms with E-state index in [2.05, 4.69) is 4.74 Å². The Morgan fingerprint density at radius 1 is 1.31 bits per heavy atom. The number of hydrogen-bond donors (Lipinski definition) is 1. The van der Waals surface area contributed by atoms with Crippen LogP contribution in [0.4, 0.5) is 4.79 Å². The highest BCUT2D eigenvalue weighted by atomic mass is 16.5. The van der Waals surface area contributed by atoms with Gasteiger partial charge in [-0.3, -0.25) is 4.79 Å². The molecule has 0 aromatic carbocycles. The van der Waals surface area contributed by atoms with Crippen LogP contribution >= 0.6 is 0 Å². The summed E-state index contributed by atoms with van der Waals surface area (Å²) in [4.78, 5) is 22.0. The molecule has 2 aliphatic rings. The first-order valence-corrected chi connectivity index (χ1v) is 4.59. The predicted molar refractivity (Wildman–Crippen MR) is 56.0 cm³/mol. The van der Waals surface area contributed by atoms with Crippen LogP contribution < -0.4 is 11.2 Å². The zero-order valence-corrected chi connectivity index (χ0v) is 8.30. The Labute approximate surface area is 90.8 Å². The van der Waals surface area contributed by atoms with Gasteiger partial charge in [0, 0.05) is 0 Å². The second kappa shape index (κ2) is 4.06. The first-order valence-electron chi connectivity index (χ1n) is 4.59. The van der Waals surface area contributed by atoms with Crippen molar-refractivity contribution in [2.24, 2.45) is 5.73 Å². The van der Waals surface area contributed by atoms with E-state index in [-0.39, 0.29) is 12.0 Å². The maximum Gasteiger partial charge on any atom is 0.404 e. The number of fused-ring (bicyclic) bond motifs is 1. The Hall–Kier alpha value is -2.30. The van der Waals surface area contributed by atoms with Crippen molar-refractivity contribution in [2.75, 3.05) is 0 Å². The standard InChI is InChI=1S/C11H9NO4/c12-11(14)16-5-7-1-2-10(13)9-6-15-4-3-8(7)9/h1-4,6H,5H2,(H2,12,14). The number of nitrogens with two attached hydrogens (primary N) is 1. The van der Waals surface area contributed by atoms with Gasteiger partial charge in [-0.25, -0.2) is 4.79 Å². The molecular formula is C11H9NO4. The maximum atomic E-state index is 11.5. The summed E-state index contributed by atoms with van der Waals surface area (Å²) in [5, 5.41) is 0. The van der Waals surface area contributed by atoms with Crippen LogP contribution in [0, 0.1) is 0 Å². The molecule has 1 heterocycles. The topological polar surface area (TPSA) is 82.5 Å². The molecule has 0 bridgehead atoms. The Balaban J connectivity index is 2.44. The molecule has 0 aromatic rings. The molecule has 0 fully saturated rings. The minimum atomic E-state index is -0.847. The van der Waals surface area contributed by atoms with E-state index in [4.69, 9.17) is 10.2 Å². The fraction of sp³-hybridized carbons (Fsp3) is 0.0909. The fourth-order valence-corrected chi connectivity index (χ4v) is 1.47. The minimum absolute atomic E-state index is 0.0378. The highest BCUT2D eigenvalue weighted by Gasteiger charge is 2.11. The number of amides is 1. The second-order valence-corrected chi connectivity index (χ2v) is 3.21. The van der Waals surface area contributed by atoms with Crippen LogP contribution in [0.3, 0.4) is 0 Å². The largest absolute Gasteiger partial charge is 0.472 e. The molecule has 1 amide bonds. The molecule has 5 nitrogen and oxygen atoms in total. The van der Waals surface area contributed by atoms with Gasteiger partial charge in [0.2, 0.25) is 0 Å². The summed E-state index contributed by atoms with van der Waals surface area (Å²) in [6.45, 7) is 0.0378. The van der Waals surface area contributed by atoms with Crippen molar-refractivity contribution < 1.29 is 13.9 Å². The summed E-state index contributed by atoms with van der Waals surface area (Å²) >= 11 is 0. The van der Waals surface area contributed by atoms with Crippen LogP contribution in [-0.2, 0) is 11.3 Å². The first kappa shape index (κ1) is 10.2. The van der Waals surface area contributed by atoms with E-state index < -0.39 is 6.09 Å². The van der Waals surface area contributed by atoms with Crippen LogP contribution in [0.5, 0.6) is 0 Å². The number of carbonyl (C=O) groups is 1. The van der Waals surface area contributed by atoms with Crippen molar-refractivity contribution in [3.05, 3.63) is 46.5 Å².